The number of hydrogen-bond donors (Lipinski definition) is 1. The van der Waals surface area contributed by atoms with Crippen LogP contribution in [0.3, 0.4) is 0 Å². The Morgan fingerprint density at radius 2 is 2.16 bits per heavy atom. The van der Waals surface area contributed by atoms with E-state index in [9.17, 15) is 4.79 Å². The predicted octanol–water partition coefficient (Wildman–Crippen LogP) is 2.40. The molecule has 2 heterocycles. The number of hydrogen-bond acceptors (Lipinski definition) is 4. The van der Waals surface area contributed by atoms with Crippen molar-refractivity contribution in [2.24, 2.45) is 0 Å². The van der Waals surface area contributed by atoms with Crippen LogP contribution >= 0.6 is 11.5 Å². The maximum Gasteiger partial charge on any atom is 0.338 e. The molecule has 0 fully saturated rings. The Morgan fingerprint density at radius 1 is 1.37 bits per heavy atom. The van der Waals surface area contributed by atoms with E-state index in [2.05, 4.69) is 33.5 Å². The number of aromatic nitrogens is 1. The van der Waals surface area contributed by atoms with Gasteiger partial charge in [-0.3, -0.25) is 4.90 Å². The molecule has 0 bridgehead atoms. The number of carboxylic acid groups (broad SMARTS) is 1. The Kier molecular flexibility index (Phi) is 3.31. The molecule has 0 unspecified atom stereocenters. The molecule has 0 amide bonds. The minimum atomic E-state index is -0.888. The molecule has 0 spiro atoms. The van der Waals surface area contributed by atoms with Gasteiger partial charge in [0.05, 0.1) is 16.6 Å². The first kappa shape index (κ1) is 12.3. The largest absolute Gasteiger partial charge is 0.478 e. The summed E-state index contributed by atoms with van der Waals surface area (Å²) in [6.45, 7) is 2.52. The van der Waals surface area contributed by atoms with Crippen molar-refractivity contribution in [1.29, 1.82) is 0 Å². The summed E-state index contributed by atoms with van der Waals surface area (Å²) in [7, 11) is 0. The topological polar surface area (TPSA) is 53.4 Å². The lowest BCUT2D eigenvalue weighted by Gasteiger charge is -2.28. The molecule has 0 aliphatic carbocycles. The zero-order valence-electron chi connectivity index (χ0n) is 10.4. The number of aromatic carboxylic acids is 1. The Bertz CT molecular complexity index is 609. The van der Waals surface area contributed by atoms with Gasteiger partial charge in [-0.15, -0.1) is 0 Å². The molecule has 19 heavy (non-hydrogen) atoms. The maximum atomic E-state index is 11.1. The van der Waals surface area contributed by atoms with Gasteiger partial charge >= 0.3 is 5.97 Å². The van der Waals surface area contributed by atoms with Crippen LogP contribution in [0.25, 0.3) is 0 Å². The summed E-state index contributed by atoms with van der Waals surface area (Å²) in [6.07, 6.45) is 2.47. The molecule has 1 aliphatic heterocycles. The van der Waals surface area contributed by atoms with Gasteiger partial charge in [-0.05, 0) is 29.1 Å². The molecule has 5 heteroatoms. The third-order valence-electron chi connectivity index (χ3n) is 3.45. The molecule has 0 atom stereocenters. The summed E-state index contributed by atoms with van der Waals surface area (Å²) >= 11 is 1.28. The molecule has 1 aromatic heterocycles. The number of rotatable bonds is 3. The molecule has 0 saturated carbocycles. The van der Waals surface area contributed by atoms with Crippen LogP contribution in [-0.2, 0) is 19.5 Å². The zero-order chi connectivity index (χ0) is 13.2. The molecule has 1 N–H and O–H groups in total. The maximum absolute atomic E-state index is 11.1. The lowest BCUT2D eigenvalue weighted by atomic mass is 10.00. The van der Waals surface area contributed by atoms with Crippen LogP contribution in [0.2, 0.25) is 0 Å². The van der Waals surface area contributed by atoms with Crippen molar-refractivity contribution in [3.63, 3.8) is 0 Å². The second kappa shape index (κ2) is 5.11. The van der Waals surface area contributed by atoms with E-state index in [0.29, 0.717) is 12.1 Å². The van der Waals surface area contributed by atoms with Crippen LogP contribution < -0.4 is 0 Å². The highest BCUT2D eigenvalue weighted by Crippen LogP contribution is 2.22. The van der Waals surface area contributed by atoms with Crippen molar-refractivity contribution in [2.45, 2.75) is 19.5 Å². The van der Waals surface area contributed by atoms with E-state index < -0.39 is 5.97 Å². The van der Waals surface area contributed by atoms with Crippen LogP contribution in [0.4, 0.5) is 0 Å². The quantitative estimate of drug-likeness (QED) is 0.933. The fourth-order valence-electron chi connectivity index (χ4n) is 2.44. The van der Waals surface area contributed by atoms with Crippen LogP contribution in [0, 0.1) is 0 Å². The average Bonchev–Trinajstić information content (AvgIpc) is 2.87. The Hall–Kier alpha value is -1.72. The first-order chi connectivity index (χ1) is 9.24. The number of carbonyl (C=O) groups is 1. The number of benzene rings is 1. The van der Waals surface area contributed by atoms with Crippen molar-refractivity contribution >= 4 is 17.5 Å². The highest BCUT2D eigenvalue weighted by molar-refractivity contribution is 7.06. The Morgan fingerprint density at radius 3 is 2.95 bits per heavy atom. The standard InChI is InChI=1S/C14H14N2O2S/c17-14(18)12-7-15-19-13(12)9-16-6-5-10-3-1-2-4-11(10)8-16/h1-4,7H,5-6,8-9H2,(H,17,18). The fraction of sp³-hybridized carbons (Fsp3) is 0.286. The fourth-order valence-corrected chi connectivity index (χ4v) is 3.21. The third-order valence-corrected chi connectivity index (χ3v) is 4.23. The predicted molar refractivity (Wildman–Crippen MR) is 73.3 cm³/mol. The molecule has 0 saturated heterocycles. The number of nitrogens with zero attached hydrogens (tertiary/aromatic N) is 2. The minimum Gasteiger partial charge on any atom is -0.478 e. The first-order valence-corrected chi connectivity index (χ1v) is 6.97. The Labute approximate surface area is 115 Å². The highest BCUT2D eigenvalue weighted by atomic mass is 32.1. The number of fused-ring (bicyclic) bond motifs is 1. The lowest BCUT2D eigenvalue weighted by molar-refractivity contribution is 0.0695. The van der Waals surface area contributed by atoms with Crippen molar-refractivity contribution in [3.8, 4) is 0 Å². The number of carboxylic acids is 1. The van der Waals surface area contributed by atoms with E-state index in [1.807, 2.05) is 0 Å². The van der Waals surface area contributed by atoms with Gasteiger partial charge in [-0.25, -0.2) is 4.79 Å². The summed E-state index contributed by atoms with van der Waals surface area (Å²) in [5.41, 5.74) is 3.08. The average molecular weight is 274 g/mol. The second-order valence-electron chi connectivity index (χ2n) is 4.70. The molecule has 1 aliphatic rings. The van der Waals surface area contributed by atoms with E-state index in [0.717, 1.165) is 24.4 Å². The van der Waals surface area contributed by atoms with Gasteiger partial charge in [0.2, 0.25) is 0 Å². The summed E-state index contributed by atoms with van der Waals surface area (Å²) in [5.74, 6) is -0.888. The smallest absolute Gasteiger partial charge is 0.338 e. The van der Waals surface area contributed by atoms with Gasteiger partial charge in [0.25, 0.3) is 0 Å². The summed E-state index contributed by atoms with van der Waals surface area (Å²) in [6, 6.07) is 8.44. The SMILES string of the molecule is O=C(O)c1cnsc1CN1CCc2ccccc2C1. The first-order valence-electron chi connectivity index (χ1n) is 6.20. The van der Waals surface area contributed by atoms with Crippen LogP contribution in [0.1, 0.15) is 26.4 Å². The van der Waals surface area contributed by atoms with Gasteiger partial charge in [-0.2, -0.15) is 4.37 Å². The molecule has 0 radical (unpaired) electrons. The van der Waals surface area contributed by atoms with Gasteiger partial charge in [0.15, 0.2) is 0 Å². The molecule has 3 rings (SSSR count). The van der Waals surface area contributed by atoms with E-state index in [1.165, 1.54) is 28.9 Å². The second-order valence-corrected chi connectivity index (χ2v) is 5.58. The van der Waals surface area contributed by atoms with Gasteiger partial charge in [0.1, 0.15) is 0 Å². The van der Waals surface area contributed by atoms with Gasteiger partial charge in [-0.1, -0.05) is 24.3 Å². The molecule has 98 valence electrons. The van der Waals surface area contributed by atoms with Crippen LogP contribution in [-0.4, -0.2) is 26.9 Å². The molecule has 4 nitrogen and oxygen atoms in total. The van der Waals surface area contributed by atoms with Gasteiger partial charge < -0.3 is 5.11 Å². The molecule has 2 aromatic rings. The third kappa shape index (κ3) is 2.52. The molecule has 1 aromatic carbocycles. The van der Waals surface area contributed by atoms with Gasteiger partial charge in [0, 0.05) is 19.6 Å². The van der Waals surface area contributed by atoms with E-state index >= 15 is 0 Å². The summed E-state index contributed by atoms with van der Waals surface area (Å²) in [5, 5.41) is 9.09. The van der Waals surface area contributed by atoms with Crippen LogP contribution in [0.15, 0.2) is 30.5 Å². The van der Waals surface area contributed by atoms with Crippen molar-refractivity contribution in [2.75, 3.05) is 6.54 Å². The minimum absolute atomic E-state index is 0.337. The van der Waals surface area contributed by atoms with Crippen molar-refractivity contribution in [3.05, 3.63) is 52.0 Å². The highest BCUT2D eigenvalue weighted by Gasteiger charge is 2.19. The Balaban J connectivity index is 1.76. The molecular weight excluding hydrogens is 260 g/mol. The molecular formula is C14H14N2O2S. The normalized spacial score (nSPS) is 15.2. The van der Waals surface area contributed by atoms with Crippen molar-refractivity contribution < 1.29 is 9.90 Å². The zero-order valence-corrected chi connectivity index (χ0v) is 11.2. The lowest BCUT2D eigenvalue weighted by Crippen LogP contribution is -2.30. The van der Waals surface area contributed by atoms with E-state index in [4.69, 9.17) is 5.11 Å². The summed E-state index contributed by atoms with van der Waals surface area (Å²) in [4.78, 5) is 14.2. The van der Waals surface area contributed by atoms with E-state index in [-0.39, 0.29) is 0 Å². The monoisotopic (exact) mass is 274 g/mol. The van der Waals surface area contributed by atoms with Crippen molar-refractivity contribution in [1.82, 2.24) is 9.27 Å². The summed E-state index contributed by atoms with van der Waals surface area (Å²) < 4.78 is 3.99. The van der Waals surface area contributed by atoms with E-state index in [1.54, 1.807) is 0 Å². The van der Waals surface area contributed by atoms with Crippen LogP contribution in [0.5, 0.6) is 0 Å².